The summed E-state index contributed by atoms with van der Waals surface area (Å²) in [7, 11) is 0. The Balaban J connectivity index is 1.55. The minimum absolute atomic E-state index is 0.0861. The number of nitrogens with zero attached hydrogens (tertiary/aromatic N) is 3. The molecule has 0 saturated carbocycles. The number of hydrogen-bond acceptors (Lipinski definition) is 6. The lowest BCUT2D eigenvalue weighted by Crippen LogP contribution is -2.35. The Kier molecular flexibility index (Phi) is 4.05. The van der Waals surface area contributed by atoms with Crippen molar-refractivity contribution in [3.8, 4) is 0 Å². The summed E-state index contributed by atoms with van der Waals surface area (Å²) in [6.45, 7) is 0.624. The molecule has 8 heteroatoms. The number of nitrogens with one attached hydrogen (secondary N) is 1. The van der Waals surface area contributed by atoms with Crippen molar-refractivity contribution in [2.45, 2.75) is 12.8 Å². The van der Waals surface area contributed by atoms with Crippen molar-refractivity contribution in [2.24, 2.45) is 11.8 Å². The van der Waals surface area contributed by atoms with Gasteiger partial charge in [-0.25, -0.2) is 4.98 Å². The van der Waals surface area contributed by atoms with Crippen molar-refractivity contribution in [3.05, 3.63) is 40.6 Å². The van der Waals surface area contributed by atoms with Crippen molar-refractivity contribution in [3.63, 3.8) is 0 Å². The lowest BCUT2D eigenvalue weighted by molar-refractivity contribution is -0.385. The molecule has 23 heavy (non-hydrogen) atoms. The van der Waals surface area contributed by atoms with Crippen molar-refractivity contribution >= 4 is 23.3 Å². The molecule has 1 aliphatic heterocycles. The number of pyridine rings is 1. The smallest absolute Gasteiger partial charge is 0.287 e. The van der Waals surface area contributed by atoms with Gasteiger partial charge in [-0.3, -0.25) is 24.6 Å². The molecule has 0 aromatic carbocycles. The average molecular weight is 316 g/mol. The van der Waals surface area contributed by atoms with Crippen LogP contribution in [0.3, 0.4) is 0 Å². The van der Waals surface area contributed by atoms with Gasteiger partial charge in [0, 0.05) is 19.2 Å². The first-order valence-corrected chi connectivity index (χ1v) is 7.42. The molecule has 120 valence electrons. The Hall–Kier alpha value is -2.77. The fourth-order valence-electron chi connectivity index (χ4n) is 2.98. The molecule has 2 atom stereocenters. The molecule has 1 fully saturated rings. The number of likely N-dealkylation sites (tertiary alicyclic amines) is 1. The zero-order valence-electron chi connectivity index (χ0n) is 12.3. The van der Waals surface area contributed by atoms with Crippen LogP contribution in [0.1, 0.15) is 12.8 Å². The first kappa shape index (κ1) is 15.1. The van der Waals surface area contributed by atoms with E-state index in [-0.39, 0.29) is 35.9 Å². The van der Waals surface area contributed by atoms with E-state index < -0.39 is 4.92 Å². The minimum Gasteiger partial charge on any atom is -0.368 e. The number of aromatic nitrogens is 1. The Bertz CT molecular complexity index is 645. The molecule has 0 spiro atoms. The van der Waals surface area contributed by atoms with Crippen LogP contribution in [0.4, 0.5) is 11.5 Å². The highest BCUT2D eigenvalue weighted by Gasteiger charge is 2.46. The first-order valence-electron chi connectivity index (χ1n) is 7.42. The monoisotopic (exact) mass is 316 g/mol. The lowest BCUT2D eigenvalue weighted by atomic mass is 9.85. The second kappa shape index (κ2) is 6.15. The second-order valence-electron chi connectivity index (χ2n) is 5.57. The third-order valence-corrected chi connectivity index (χ3v) is 4.20. The van der Waals surface area contributed by atoms with Crippen molar-refractivity contribution < 1.29 is 14.5 Å². The number of carbonyl (C=O) groups is 2. The van der Waals surface area contributed by atoms with Crippen LogP contribution < -0.4 is 5.32 Å². The summed E-state index contributed by atoms with van der Waals surface area (Å²) >= 11 is 0. The van der Waals surface area contributed by atoms with E-state index >= 15 is 0 Å². The van der Waals surface area contributed by atoms with Crippen LogP contribution in [0, 0.1) is 22.0 Å². The van der Waals surface area contributed by atoms with Crippen LogP contribution in [-0.2, 0) is 9.59 Å². The number of fused-ring (bicyclic) bond motifs is 1. The van der Waals surface area contributed by atoms with Crippen molar-refractivity contribution in [1.82, 2.24) is 9.88 Å². The van der Waals surface area contributed by atoms with Crippen LogP contribution in [0.2, 0.25) is 0 Å². The van der Waals surface area contributed by atoms with Gasteiger partial charge in [-0.05, 0) is 18.9 Å². The molecular weight excluding hydrogens is 300 g/mol. The van der Waals surface area contributed by atoms with Gasteiger partial charge in [0.25, 0.3) is 5.69 Å². The van der Waals surface area contributed by atoms with Gasteiger partial charge < -0.3 is 5.32 Å². The van der Waals surface area contributed by atoms with E-state index in [1.165, 1.54) is 17.0 Å². The highest BCUT2D eigenvalue weighted by Crippen LogP contribution is 2.34. The van der Waals surface area contributed by atoms with Crippen molar-refractivity contribution in [1.29, 1.82) is 0 Å². The topological polar surface area (TPSA) is 105 Å². The van der Waals surface area contributed by atoms with Gasteiger partial charge in [-0.2, -0.15) is 0 Å². The summed E-state index contributed by atoms with van der Waals surface area (Å²) in [6.07, 6.45) is 6.32. The predicted molar refractivity (Wildman–Crippen MR) is 81.5 cm³/mol. The molecule has 0 unspecified atom stereocenters. The Morgan fingerprint density at radius 2 is 1.87 bits per heavy atom. The molecule has 1 saturated heterocycles. The van der Waals surface area contributed by atoms with Gasteiger partial charge in [-0.15, -0.1) is 0 Å². The summed E-state index contributed by atoms with van der Waals surface area (Å²) in [5.74, 6) is -0.186. The Morgan fingerprint density at radius 3 is 2.39 bits per heavy atom. The fourth-order valence-corrected chi connectivity index (χ4v) is 2.98. The highest BCUT2D eigenvalue weighted by atomic mass is 16.6. The number of carbonyl (C=O) groups excluding carboxylic acids is 2. The molecule has 2 amide bonds. The van der Waals surface area contributed by atoms with E-state index in [0.29, 0.717) is 25.2 Å². The zero-order chi connectivity index (χ0) is 16.4. The molecule has 0 radical (unpaired) electrons. The number of anilines is 1. The van der Waals surface area contributed by atoms with E-state index in [2.05, 4.69) is 10.3 Å². The van der Waals surface area contributed by atoms with Crippen LogP contribution in [0.15, 0.2) is 30.5 Å². The molecule has 1 aromatic heterocycles. The van der Waals surface area contributed by atoms with E-state index in [1.807, 2.05) is 12.2 Å². The third-order valence-electron chi connectivity index (χ3n) is 4.20. The minimum atomic E-state index is -0.520. The van der Waals surface area contributed by atoms with E-state index in [4.69, 9.17) is 0 Å². The zero-order valence-corrected chi connectivity index (χ0v) is 12.3. The normalized spacial score (nSPS) is 23.0. The number of imide groups is 1. The average Bonchev–Trinajstić information content (AvgIpc) is 2.81. The number of hydrogen-bond donors (Lipinski definition) is 1. The number of allylic oxidation sites excluding steroid dienone is 2. The van der Waals surface area contributed by atoms with E-state index in [9.17, 15) is 19.7 Å². The second-order valence-corrected chi connectivity index (χ2v) is 5.57. The maximum absolute atomic E-state index is 12.3. The first-order chi connectivity index (χ1) is 11.1. The predicted octanol–water partition coefficient (Wildman–Crippen LogP) is 1.35. The fraction of sp³-hybridized carbons (Fsp3) is 0.400. The van der Waals surface area contributed by atoms with Gasteiger partial charge in [-0.1, -0.05) is 12.2 Å². The molecular formula is C15H16N4O4. The maximum Gasteiger partial charge on any atom is 0.287 e. The molecule has 0 bridgehead atoms. The van der Waals surface area contributed by atoms with E-state index in [0.717, 1.165) is 6.20 Å². The standard InChI is InChI=1S/C15H16N4O4/c20-14-11-3-1-2-4-12(11)15(21)18(14)8-7-16-13-6-5-10(9-17-13)19(22)23/h1-2,5-6,9,11-12H,3-4,7-8H2,(H,16,17)/t11-,12+. The highest BCUT2D eigenvalue weighted by molar-refractivity contribution is 6.05. The van der Waals surface area contributed by atoms with Crippen LogP contribution in [0.25, 0.3) is 0 Å². The molecule has 1 aromatic rings. The molecule has 1 aliphatic carbocycles. The third kappa shape index (κ3) is 2.92. The molecule has 1 N–H and O–H groups in total. The Labute approximate surface area is 132 Å². The van der Waals surface area contributed by atoms with Gasteiger partial charge in [0.2, 0.25) is 11.8 Å². The SMILES string of the molecule is O=C1[C@H]2CC=CC[C@H]2C(=O)N1CCNc1ccc([N+](=O)[O-])cn1. The maximum atomic E-state index is 12.3. The largest absolute Gasteiger partial charge is 0.368 e. The van der Waals surface area contributed by atoms with Crippen molar-refractivity contribution in [2.75, 3.05) is 18.4 Å². The number of amides is 2. The van der Waals surface area contributed by atoms with Gasteiger partial charge in [0.05, 0.1) is 16.8 Å². The van der Waals surface area contributed by atoms with Gasteiger partial charge in [0.15, 0.2) is 0 Å². The summed E-state index contributed by atoms with van der Waals surface area (Å²) in [6, 6.07) is 2.84. The van der Waals surface area contributed by atoms with Gasteiger partial charge >= 0.3 is 0 Å². The number of rotatable bonds is 5. The number of nitro groups is 1. The molecule has 3 rings (SSSR count). The summed E-state index contributed by atoms with van der Waals surface area (Å²) in [5, 5.41) is 13.5. The van der Waals surface area contributed by atoms with Gasteiger partial charge in [0.1, 0.15) is 12.0 Å². The lowest BCUT2D eigenvalue weighted by Gasteiger charge is -2.15. The molecule has 2 heterocycles. The van der Waals surface area contributed by atoms with Crippen LogP contribution in [0.5, 0.6) is 0 Å². The summed E-state index contributed by atoms with van der Waals surface area (Å²) < 4.78 is 0. The van der Waals surface area contributed by atoms with Crippen LogP contribution in [-0.4, -0.2) is 39.7 Å². The quantitative estimate of drug-likeness (QED) is 0.380. The van der Waals surface area contributed by atoms with E-state index in [1.54, 1.807) is 0 Å². The van der Waals surface area contributed by atoms with Crippen LogP contribution >= 0.6 is 0 Å². The molecule has 2 aliphatic rings. The molecule has 8 nitrogen and oxygen atoms in total. The summed E-state index contributed by atoms with van der Waals surface area (Å²) in [4.78, 5) is 39.8. The summed E-state index contributed by atoms with van der Waals surface area (Å²) in [5.41, 5.74) is -0.0861. The Morgan fingerprint density at radius 1 is 1.22 bits per heavy atom.